The van der Waals surface area contributed by atoms with Crippen molar-refractivity contribution in [2.75, 3.05) is 0 Å². The molecule has 0 N–H and O–H groups in total. The third kappa shape index (κ3) is 3.48. The zero-order chi connectivity index (χ0) is 25.0. The SMILES string of the molecule is CC1(C)c2cc3ccccc3cc2-c2c(-c3nc(-c4ccccc4)cc(-c4ccccc4)n3)cccc21. The highest BCUT2D eigenvalue weighted by Gasteiger charge is 2.37. The largest absolute Gasteiger partial charge is 0.228 e. The summed E-state index contributed by atoms with van der Waals surface area (Å²) in [7, 11) is 0. The van der Waals surface area contributed by atoms with Crippen LogP contribution in [-0.4, -0.2) is 9.97 Å². The monoisotopic (exact) mass is 474 g/mol. The Bertz CT molecular complexity index is 1730. The van der Waals surface area contributed by atoms with Gasteiger partial charge in [-0.25, -0.2) is 9.97 Å². The number of rotatable bonds is 3. The van der Waals surface area contributed by atoms with Crippen LogP contribution in [0.15, 0.2) is 121 Å². The van der Waals surface area contributed by atoms with Crippen molar-refractivity contribution in [3.63, 3.8) is 0 Å². The van der Waals surface area contributed by atoms with Gasteiger partial charge in [-0.2, -0.15) is 0 Å². The van der Waals surface area contributed by atoms with Crippen molar-refractivity contribution in [2.45, 2.75) is 19.3 Å². The Kier molecular flexibility index (Phi) is 4.84. The van der Waals surface area contributed by atoms with E-state index in [-0.39, 0.29) is 5.41 Å². The smallest absolute Gasteiger partial charge is 0.161 e. The number of nitrogens with zero attached hydrogens (tertiary/aromatic N) is 2. The molecule has 0 radical (unpaired) electrons. The lowest BCUT2D eigenvalue weighted by atomic mass is 9.81. The van der Waals surface area contributed by atoms with E-state index in [0.717, 1.165) is 33.9 Å². The molecule has 5 aromatic carbocycles. The second-order valence-corrected chi connectivity index (χ2v) is 10.3. The molecule has 0 amide bonds. The van der Waals surface area contributed by atoms with Gasteiger partial charge >= 0.3 is 0 Å². The molecule has 0 atom stereocenters. The van der Waals surface area contributed by atoms with Gasteiger partial charge in [0, 0.05) is 22.1 Å². The van der Waals surface area contributed by atoms with E-state index in [2.05, 4.69) is 123 Å². The molecule has 0 bridgehead atoms. The average Bonchev–Trinajstić information content (AvgIpc) is 3.18. The molecule has 1 heterocycles. The van der Waals surface area contributed by atoms with Crippen LogP contribution in [0.3, 0.4) is 0 Å². The zero-order valence-electron chi connectivity index (χ0n) is 20.9. The quantitative estimate of drug-likeness (QED) is 0.256. The summed E-state index contributed by atoms with van der Waals surface area (Å²) in [6.07, 6.45) is 0. The first kappa shape index (κ1) is 21.7. The predicted octanol–water partition coefficient (Wildman–Crippen LogP) is 8.94. The van der Waals surface area contributed by atoms with E-state index >= 15 is 0 Å². The standard InChI is InChI=1S/C35H26N2/c1-35(2)29-19-11-18-27(33(29)28-20-25-16-9-10-17-26(25)21-30(28)35)34-36-31(23-12-5-3-6-13-23)22-32(37-34)24-14-7-4-8-15-24/h3-22H,1-2H3. The average molecular weight is 475 g/mol. The Morgan fingerprint density at radius 2 is 1.05 bits per heavy atom. The minimum absolute atomic E-state index is 0.107. The molecule has 176 valence electrons. The van der Waals surface area contributed by atoms with Gasteiger partial charge in [0.1, 0.15) is 0 Å². The molecule has 0 saturated carbocycles. The maximum atomic E-state index is 5.15. The third-order valence-corrected chi connectivity index (χ3v) is 7.67. The van der Waals surface area contributed by atoms with Gasteiger partial charge in [0.2, 0.25) is 0 Å². The van der Waals surface area contributed by atoms with E-state index < -0.39 is 0 Å². The number of benzene rings is 5. The van der Waals surface area contributed by atoms with Crippen LogP contribution < -0.4 is 0 Å². The van der Waals surface area contributed by atoms with Gasteiger partial charge in [-0.1, -0.05) is 117 Å². The number of aromatic nitrogens is 2. The van der Waals surface area contributed by atoms with Crippen molar-refractivity contribution in [3.8, 4) is 45.0 Å². The first-order chi connectivity index (χ1) is 18.1. The van der Waals surface area contributed by atoms with E-state index in [1.807, 2.05) is 12.1 Å². The fourth-order valence-corrected chi connectivity index (χ4v) is 5.74. The fourth-order valence-electron chi connectivity index (χ4n) is 5.74. The Morgan fingerprint density at radius 1 is 0.486 bits per heavy atom. The topological polar surface area (TPSA) is 25.8 Å². The predicted molar refractivity (Wildman–Crippen MR) is 153 cm³/mol. The lowest BCUT2D eigenvalue weighted by Gasteiger charge is -2.22. The van der Waals surface area contributed by atoms with Gasteiger partial charge in [0.05, 0.1) is 11.4 Å². The summed E-state index contributed by atoms with van der Waals surface area (Å²) < 4.78 is 0. The normalized spacial score (nSPS) is 13.4. The molecule has 0 unspecified atom stereocenters. The van der Waals surface area contributed by atoms with Crippen LogP contribution in [0.25, 0.3) is 55.8 Å². The molecule has 0 spiro atoms. The number of hydrogen-bond donors (Lipinski definition) is 0. The van der Waals surface area contributed by atoms with E-state index in [1.165, 1.54) is 33.0 Å². The lowest BCUT2D eigenvalue weighted by Crippen LogP contribution is -2.14. The molecule has 6 aromatic rings. The summed E-state index contributed by atoms with van der Waals surface area (Å²) >= 11 is 0. The van der Waals surface area contributed by atoms with Crippen LogP contribution in [0.1, 0.15) is 25.0 Å². The van der Waals surface area contributed by atoms with E-state index in [9.17, 15) is 0 Å². The van der Waals surface area contributed by atoms with Crippen LogP contribution in [0.4, 0.5) is 0 Å². The highest BCUT2D eigenvalue weighted by Crippen LogP contribution is 2.52. The molecule has 0 aliphatic heterocycles. The first-order valence-electron chi connectivity index (χ1n) is 12.8. The van der Waals surface area contributed by atoms with Crippen molar-refractivity contribution < 1.29 is 0 Å². The molecule has 7 rings (SSSR count). The summed E-state index contributed by atoms with van der Waals surface area (Å²) in [6, 6.07) is 42.8. The Morgan fingerprint density at radius 3 is 1.68 bits per heavy atom. The molecule has 37 heavy (non-hydrogen) atoms. The molecular formula is C35H26N2. The van der Waals surface area contributed by atoms with Crippen LogP contribution in [0.5, 0.6) is 0 Å². The molecular weight excluding hydrogens is 448 g/mol. The van der Waals surface area contributed by atoms with E-state index in [1.54, 1.807) is 0 Å². The van der Waals surface area contributed by atoms with Crippen molar-refractivity contribution in [2.24, 2.45) is 0 Å². The number of fused-ring (bicyclic) bond motifs is 4. The Labute approximate surface area is 217 Å². The van der Waals surface area contributed by atoms with E-state index in [4.69, 9.17) is 9.97 Å². The third-order valence-electron chi connectivity index (χ3n) is 7.67. The molecule has 1 aliphatic carbocycles. The van der Waals surface area contributed by atoms with E-state index in [0.29, 0.717) is 0 Å². The Hall–Kier alpha value is -4.56. The maximum absolute atomic E-state index is 5.15. The van der Waals surface area contributed by atoms with Gasteiger partial charge in [-0.15, -0.1) is 0 Å². The van der Waals surface area contributed by atoms with Crippen molar-refractivity contribution in [3.05, 3.63) is 132 Å². The summed E-state index contributed by atoms with van der Waals surface area (Å²) in [5.74, 6) is 0.758. The molecule has 0 fully saturated rings. The van der Waals surface area contributed by atoms with Gasteiger partial charge in [0.15, 0.2) is 5.82 Å². The molecule has 0 saturated heterocycles. The summed E-state index contributed by atoms with van der Waals surface area (Å²) in [5, 5.41) is 2.53. The maximum Gasteiger partial charge on any atom is 0.161 e. The number of hydrogen-bond acceptors (Lipinski definition) is 2. The summed E-state index contributed by atoms with van der Waals surface area (Å²) in [4.78, 5) is 10.3. The second-order valence-electron chi connectivity index (χ2n) is 10.3. The van der Waals surface area contributed by atoms with Gasteiger partial charge in [0.25, 0.3) is 0 Å². The fraction of sp³-hybridized carbons (Fsp3) is 0.0857. The minimum atomic E-state index is -0.107. The lowest BCUT2D eigenvalue weighted by molar-refractivity contribution is 0.661. The van der Waals surface area contributed by atoms with Crippen LogP contribution in [-0.2, 0) is 5.41 Å². The highest BCUT2D eigenvalue weighted by molar-refractivity contribution is 5.98. The Balaban J connectivity index is 1.51. The highest BCUT2D eigenvalue weighted by atomic mass is 14.9. The van der Waals surface area contributed by atoms with Crippen LogP contribution in [0.2, 0.25) is 0 Å². The summed E-state index contributed by atoms with van der Waals surface area (Å²) in [6.45, 7) is 4.65. The van der Waals surface area contributed by atoms with Crippen LogP contribution in [0, 0.1) is 0 Å². The van der Waals surface area contributed by atoms with Crippen molar-refractivity contribution >= 4 is 10.8 Å². The van der Waals surface area contributed by atoms with Crippen LogP contribution >= 0.6 is 0 Å². The molecule has 2 heteroatoms. The van der Waals surface area contributed by atoms with Gasteiger partial charge in [-0.3, -0.25) is 0 Å². The second kappa shape index (κ2) is 8.25. The van der Waals surface area contributed by atoms with Crippen molar-refractivity contribution in [1.29, 1.82) is 0 Å². The first-order valence-corrected chi connectivity index (χ1v) is 12.8. The molecule has 2 nitrogen and oxygen atoms in total. The van der Waals surface area contributed by atoms with Gasteiger partial charge in [-0.05, 0) is 51.2 Å². The molecule has 1 aliphatic rings. The minimum Gasteiger partial charge on any atom is -0.228 e. The molecule has 1 aromatic heterocycles. The van der Waals surface area contributed by atoms with Crippen molar-refractivity contribution in [1.82, 2.24) is 9.97 Å². The zero-order valence-corrected chi connectivity index (χ0v) is 20.9. The summed E-state index contributed by atoms with van der Waals surface area (Å²) in [5.41, 5.74) is 10.2. The van der Waals surface area contributed by atoms with Gasteiger partial charge < -0.3 is 0 Å².